The van der Waals surface area contributed by atoms with E-state index in [9.17, 15) is 9.59 Å². The summed E-state index contributed by atoms with van der Waals surface area (Å²) >= 11 is 0. The molecule has 0 atom stereocenters. The molecule has 1 aliphatic rings. The predicted octanol–water partition coefficient (Wildman–Crippen LogP) is 1.65. The average molecular weight is 221 g/mol. The predicted molar refractivity (Wildman–Crippen MR) is 58.2 cm³/mol. The first kappa shape index (κ1) is 10.9. The molecule has 1 aromatic rings. The Morgan fingerprint density at radius 3 is 2.75 bits per heavy atom. The highest BCUT2D eigenvalue weighted by molar-refractivity contribution is 5.96. The van der Waals surface area contributed by atoms with Crippen LogP contribution < -0.4 is 0 Å². The van der Waals surface area contributed by atoms with E-state index in [-0.39, 0.29) is 11.7 Å². The van der Waals surface area contributed by atoms with Gasteiger partial charge in [-0.15, -0.1) is 0 Å². The molecular weight excluding hydrogens is 206 g/mol. The molecule has 1 aromatic heterocycles. The van der Waals surface area contributed by atoms with Crippen LogP contribution in [0.4, 0.5) is 0 Å². The minimum Gasteiger partial charge on any atom is -0.469 e. The number of nitrogens with zero attached hydrogens (tertiary/aromatic N) is 1. The van der Waals surface area contributed by atoms with Crippen molar-refractivity contribution in [2.24, 2.45) is 0 Å². The molecule has 4 nitrogen and oxygen atoms in total. The van der Waals surface area contributed by atoms with Crippen molar-refractivity contribution in [1.82, 2.24) is 4.90 Å². The Morgan fingerprint density at radius 1 is 1.44 bits per heavy atom. The van der Waals surface area contributed by atoms with Crippen LogP contribution in [0, 0.1) is 0 Å². The second-order valence-corrected chi connectivity index (χ2v) is 3.94. The lowest BCUT2D eigenvalue weighted by Gasteiger charge is -2.25. The van der Waals surface area contributed by atoms with Crippen molar-refractivity contribution in [2.75, 3.05) is 13.1 Å². The lowest BCUT2D eigenvalue weighted by Crippen LogP contribution is -2.38. The fraction of sp³-hybridized carbons (Fsp3) is 0.500. The summed E-state index contributed by atoms with van der Waals surface area (Å²) in [7, 11) is 0. The zero-order valence-corrected chi connectivity index (χ0v) is 9.36. The fourth-order valence-corrected chi connectivity index (χ4v) is 1.93. The number of aryl methyl sites for hydroxylation is 1. The van der Waals surface area contributed by atoms with Crippen LogP contribution in [0.2, 0.25) is 0 Å². The summed E-state index contributed by atoms with van der Waals surface area (Å²) in [5.41, 5.74) is 0.636. The van der Waals surface area contributed by atoms with Gasteiger partial charge in [-0.05, 0) is 6.07 Å². The molecule has 0 aliphatic carbocycles. The number of rotatable bonds is 2. The van der Waals surface area contributed by atoms with E-state index < -0.39 is 0 Å². The summed E-state index contributed by atoms with van der Waals surface area (Å²) in [6.07, 6.45) is 3.21. The SMILES string of the molecule is CCc1occc1C(=O)N1CCC(=O)CC1. The molecular formula is C12H15NO3. The quantitative estimate of drug-likeness (QED) is 0.763. The first-order valence-corrected chi connectivity index (χ1v) is 5.59. The molecule has 0 unspecified atom stereocenters. The minimum atomic E-state index is -0.0156. The van der Waals surface area contributed by atoms with E-state index >= 15 is 0 Å². The van der Waals surface area contributed by atoms with Crippen molar-refractivity contribution in [3.63, 3.8) is 0 Å². The Balaban J connectivity index is 2.10. The lowest BCUT2D eigenvalue weighted by molar-refractivity contribution is -0.120. The van der Waals surface area contributed by atoms with Crippen LogP contribution in [0.5, 0.6) is 0 Å². The van der Waals surface area contributed by atoms with Gasteiger partial charge in [-0.1, -0.05) is 6.92 Å². The van der Waals surface area contributed by atoms with E-state index in [1.807, 2.05) is 6.92 Å². The highest BCUT2D eigenvalue weighted by Crippen LogP contribution is 2.16. The van der Waals surface area contributed by atoms with E-state index in [1.165, 1.54) is 0 Å². The second-order valence-electron chi connectivity index (χ2n) is 3.94. The zero-order chi connectivity index (χ0) is 11.5. The van der Waals surface area contributed by atoms with Crippen molar-refractivity contribution < 1.29 is 14.0 Å². The Hall–Kier alpha value is -1.58. The molecule has 1 fully saturated rings. The smallest absolute Gasteiger partial charge is 0.257 e. The third-order valence-corrected chi connectivity index (χ3v) is 2.91. The van der Waals surface area contributed by atoms with E-state index in [0.29, 0.717) is 37.9 Å². The number of furan rings is 1. The highest BCUT2D eigenvalue weighted by Gasteiger charge is 2.24. The molecule has 0 saturated carbocycles. The average Bonchev–Trinajstić information content (AvgIpc) is 2.77. The van der Waals surface area contributed by atoms with Crippen molar-refractivity contribution >= 4 is 11.7 Å². The van der Waals surface area contributed by atoms with Crippen molar-refractivity contribution in [3.8, 4) is 0 Å². The molecule has 2 rings (SSSR count). The van der Waals surface area contributed by atoms with Crippen molar-refractivity contribution in [3.05, 3.63) is 23.7 Å². The van der Waals surface area contributed by atoms with Gasteiger partial charge >= 0.3 is 0 Å². The monoisotopic (exact) mass is 221 g/mol. The van der Waals surface area contributed by atoms with E-state index in [2.05, 4.69) is 0 Å². The highest BCUT2D eigenvalue weighted by atomic mass is 16.3. The third kappa shape index (κ3) is 2.01. The Bertz CT molecular complexity index is 398. The molecule has 0 aromatic carbocycles. The molecule has 1 aliphatic heterocycles. The molecule has 86 valence electrons. The zero-order valence-electron chi connectivity index (χ0n) is 9.36. The molecule has 0 radical (unpaired) electrons. The molecule has 1 saturated heterocycles. The summed E-state index contributed by atoms with van der Waals surface area (Å²) in [6.45, 7) is 3.02. The summed E-state index contributed by atoms with van der Waals surface area (Å²) in [5, 5.41) is 0. The minimum absolute atomic E-state index is 0.0156. The summed E-state index contributed by atoms with van der Waals surface area (Å²) in [5.74, 6) is 0.951. The lowest BCUT2D eigenvalue weighted by atomic mass is 10.1. The van der Waals surface area contributed by atoms with Gasteiger partial charge in [0.1, 0.15) is 11.5 Å². The summed E-state index contributed by atoms with van der Waals surface area (Å²) < 4.78 is 5.23. The number of amides is 1. The number of hydrogen-bond donors (Lipinski definition) is 0. The van der Waals surface area contributed by atoms with Gasteiger partial charge in [-0.25, -0.2) is 0 Å². The first-order chi connectivity index (χ1) is 7.72. The Morgan fingerprint density at radius 2 is 2.12 bits per heavy atom. The molecule has 0 N–H and O–H groups in total. The van der Waals surface area contributed by atoms with Crippen LogP contribution >= 0.6 is 0 Å². The summed E-state index contributed by atoms with van der Waals surface area (Å²) in [6, 6.07) is 1.71. The van der Waals surface area contributed by atoms with Gasteiger partial charge in [0.25, 0.3) is 5.91 Å². The van der Waals surface area contributed by atoms with Crippen LogP contribution in [-0.4, -0.2) is 29.7 Å². The number of carbonyl (C=O) groups is 2. The normalized spacial score (nSPS) is 16.6. The van der Waals surface area contributed by atoms with E-state index in [0.717, 1.165) is 5.76 Å². The molecule has 1 amide bonds. The Labute approximate surface area is 94.2 Å². The van der Waals surface area contributed by atoms with Gasteiger partial charge < -0.3 is 9.32 Å². The van der Waals surface area contributed by atoms with Gasteiger partial charge in [0.15, 0.2) is 0 Å². The first-order valence-electron chi connectivity index (χ1n) is 5.59. The van der Waals surface area contributed by atoms with Crippen molar-refractivity contribution in [2.45, 2.75) is 26.2 Å². The van der Waals surface area contributed by atoms with E-state index in [1.54, 1.807) is 17.2 Å². The maximum atomic E-state index is 12.1. The van der Waals surface area contributed by atoms with Gasteiger partial charge in [0, 0.05) is 32.4 Å². The Kier molecular flexibility index (Phi) is 3.08. The van der Waals surface area contributed by atoms with Crippen LogP contribution in [0.15, 0.2) is 16.7 Å². The second kappa shape index (κ2) is 4.51. The van der Waals surface area contributed by atoms with Gasteiger partial charge in [0.05, 0.1) is 11.8 Å². The van der Waals surface area contributed by atoms with Crippen LogP contribution in [0.1, 0.15) is 35.9 Å². The van der Waals surface area contributed by atoms with Gasteiger partial charge in [-0.2, -0.15) is 0 Å². The van der Waals surface area contributed by atoms with Crippen LogP contribution in [-0.2, 0) is 11.2 Å². The maximum Gasteiger partial charge on any atom is 0.257 e. The number of carbonyl (C=O) groups excluding carboxylic acids is 2. The third-order valence-electron chi connectivity index (χ3n) is 2.91. The molecule has 0 spiro atoms. The van der Waals surface area contributed by atoms with Crippen molar-refractivity contribution in [1.29, 1.82) is 0 Å². The standard InChI is InChI=1S/C12H15NO3/c1-2-11-10(5-8-16-11)12(15)13-6-3-9(14)4-7-13/h5,8H,2-4,6-7H2,1H3. The molecule has 0 bridgehead atoms. The number of ketones is 1. The molecule has 4 heteroatoms. The van der Waals surface area contributed by atoms with E-state index in [4.69, 9.17) is 4.42 Å². The molecule has 2 heterocycles. The number of Topliss-reactive ketones (excluding diaryl/α,β-unsaturated/α-hetero) is 1. The van der Waals surface area contributed by atoms with Crippen LogP contribution in [0.3, 0.4) is 0 Å². The number of piperidine rings is 1. The summed E-state index contributed by atoms with van der Waals surface area (Å²) in [4.78, 5) is 24.9. The topological polar surface area (TPSA) is 50.5 Å². The van der Waals surface area contributed by atoms with Crippen LogP contribution in [0.25, 0.3) is 0 Å². The molecule has 16 heavy (non-hydrogen) atoms. The number of likely N-dealkylation sites (tertiary alicyclic amines) is 1. The maximum absolute atomic E-state index is 12.1. The van der Waals surface area contributed by atoms with Gasteiger partial charge in [-0.3, -0.25) is 9.59 Å². The number of hydrogen-bond acceptors (Lipinski definition) is 3. The largest absolute Gasteiger partial charge is 0.469 e. The fourth-order valence-electron chi connectivity index (χ4n) is 1.93. The van der Waals surface area contributed by atoms with Gasteiger partial charge in [0.2, 0.25) is 0 Å².